The number of Topliss-reactive ketones (excluding diaryl/α,β-unsaturated/α-hetero) is 1. The number of carbonyl (C=O) groups excluding carboxylic acids is 1. The molecule has 12 heavy (non-hydrogen) atoms. The first-order valence-corrected chi connectivity index (χ1v) is 5.39. The zero-order chi connectivity index (χ0) is 7.87. The van der Waals surface area contributed by atoms with Gasteiger partial charge in [-0.05, 0) is 48.9 Å². The minimum Gasteiger partial charge on any atom is -0.299 e. The van der Waals surface area contributed by atoms with Crippen LogP contribution in [0.25, 0.3) is 0 Å². The lowest BCUT2D eigenvalue weighted by Crippen LogP contribution is -2.23. The van der Waals surface area contributed by atoms with E-state index in [9.17, 15) is 4.79 Å². The second kappa shape index (κ2) is 1.64. The Hall–Kier alpha value is -0.330. The average Bonchev–Trinajstić information content (AvgIpc) is 2.58. The van der Waals surface area contributed by atoms with Gasteiger partial charge in [-0.25, -0.2) is 0 Å². The van der Waals surface area contributed by atoms with Crippen LogP contribution in [0.5, 0.6) is 0 Å². The fraction of sp³-hybridized carbons (Fsp3) is 0.909. The summed E-state index contributed by atoms with van der Waals surface area (Å²) in [5.74, 6) is 5.75. The van der Waals surface area contributed by atoms with Crippen molar-refractivity contribution in [3.8, 4) is 0 Å². The molecule has 2 bridgehead atoms. The molecule has 4 saturated carbocycles. The van der Waals surface area contributed by atoms with Crippen molar-refractivity contribution in [3.63, 3.8) is 0 Å². The highest BCUT2D eigenvalue weighted by molar-refractivity contribution is 5.85. The van der Waals surface area contributed by atoms with E-state index in [-0.39, 0.29) is 0 Å². The maximum Gasteiger partial charge on any atom is 0.136 e. The van der Waals surface area contributed by atoms with Crippen molar-refractivity contribution < 1.29 is 4.79 Å². The second-order valence-electron chi connectivity index (χ2n) is 5.33. The van der Waals surface area contributed by atoms with Crippen molar-refractivity contribution in [1.82, 2.24) is 0 Å². The number of ketones is 1. The van der Waals surface area contributed by atoms with Crippen molar-refractivity contribution >= 4 is 5.78 Å². The molecule has 4 aliphatic rings. The van der Waals surface area contributed by atoms with E-state index in [0.717, 1.165) is 36.0 Å². The van der Waals surface area contributed by atoms with E-state index in [1.165, 1.54) is 19.3 Å². The molecular formula is C11H14O. The third kappa shape index (κ3) is 0.439. The lowest BCUT2D eigenvalue weighted by atomic mass is 9.80. The second-order valence-corrected chi connectivity index (χ2v) is 5.33. The minimum absolute atomic E-state index is 0.554. The van der Waals surface area contributed by atoms with Crippen LogP contribution < -0.4 is 0 Å². The predicted molar refractivity (Wildman–Crippen MR) is 44.4 cm³/mol. The van der Waals surface area contributed by atoms with Crippen molar-refractivity contribution in [2.75, 3.05) is 0 Å². The van der Waals surface area contributed by atoms with E-state index < -0.39 is 0 Å². The van der Waals surface area contributed by atoms with Gasteiger partial charge in [-0.3, -0.25) is 4.79 Å². The molecule has 0 aromatic heterocycles. The molecule has 0 N–H and O–H groups in total. The summed E-state index contributed by atoms with van der Waals surface area (Å²) in [4.78, 5) is 11.7. The number of rotatable bonds is 0. The third-order valence-electron chi connectivity index (χ3n) is 5.31. The van der Waals surface area contributed by atoms with Gasteiger partial charge in [0.15, 0.2) is 0 Å². The van der Waals surface area contributed by atoms with E-state index in [0.29, 0.717) is 11.7 Å². The molecule has 0 saturated heterocycles. The molecular weight excluding hydrogens is 148 g/mol. The molecule has 6 atom stereocenters. The quantitative estimate of drug-likeness (QED) is 0.531. The van der Waals surface area contributed by atoms with E-state index in [1.807, 2.05) is 0 Å². The Bertz CT molecular complexity index is 266. The van der Waals surface area contributed by atoms with Gasteiger partial charge in [-0.2, -0.15) is 0 Å². The summed E-state index contributed by atoms with van der Waals surface area (Å²) in [6.45, 7) is 0. The molecule has 4 fully saturated rings. The van der Waals surface area contributed by atoms with E-state index >= 15 is 0 Å². The Morgan fingerprint density at radius 1 is 0.917 bits per heavy atom. The molecule has 0 radical (unpaired) electrons. The van der Waals surface area contributed by atoms with Gasteiger partial charge < -0.3 is 0 Å². The Balaban J connectivity index is 1.93. The van der Waals surface area contributed by atoms with E-state index in [4.69, 9.17) is 0 Å². The summed E-state index contributed by atoms with van der Waals surface area (Å²) >= 11 is 0. The molecule has 1 heteroatoms. The summed E-state index contributed by atoms with van der Waals surface area (Å²) in [6, 6.07) is 0. The van der Waals surface area contributed by atoms with Crippen LogP contribution in [0.2, 0.25) is 0 Å². The molecule has 0 aromatic rings. The zero-order valence-electron chi connectivity index (χ0n) is 7.20. The smallest absolute Gasteiger partial charge is 0.136 e. The molecule has 0 unspecified atom stereocenters. The Labute approximate surface area is 72.5 Å². The van der Waals surface area contributed by atoms with Gasteiger partial charge in [0, 0.05) is 12.3 Å². The molecule has 0 amide bonds. The van der Waals surface area contributed by atoms with Crippen LogP contribution in [-0.2, 0) is 4.79 Å². The Morgan fingerprint density at radius 3 is 2.67 bits per heavy atom. The van der Waals surface area contributed by atoms with Crippen LogP contribution in [0, 0.1) is 35.5 Å². The van der Waals surface area contributed by atoms with Gasteiger partial charge in [0.1, 0.15) is 5.78 Å². The SMILES string of the molecule is O=C1C[C@H]2[C@@H]3CC[C@@H]4[C@@H]3C[C@H]2[C@@H]14. The van der Waals surface area contributed by atoms with Crippen LogP contribution in [0.4, 0.5) is 0 Å². The lowest BCUT2D eigenvalue weighted by molar-refractivity contribution is -0.122. The number of fused-ring (bicyclic) bond motifs is 2. The molecule has 1 nitrogen and oxygen atoms in total. The standard InChI is InChI=1S/C11H14O/c12-10-4-8-5-1-2-6-7(5)3-9(8)11(6)10/h5-9,11H,1-4H2/t5-,6-,7-,8+,9-,11+/m1/s1. The van der Waals surface area contributed by atoms with E-state index in [1.54, 1.807) is 0 Å². The molecule has 0 spiro atoms. The summed E-state index contributed by atoms with van der Waals surface area (Å²) in [7, 11) is 0. The topological polar surface area (TPSA) is 17.1 Å². The molecule has 4 rings (SSSR count). The first-order valence-electron chi connectivity index (χ1n) is 5.39. The third-order valence-corrected chi connectivity index (χ3v) is 5.31. The Kier molecular flexibility index (Phi) is 0.843. The summed E-state index contributed by atoms with van der Waals surface area (Å²) in [6.07, 6.45) is 5.24. The number of hydrogen-bond donors (Lipinski definition) is 0. The highest BCUT2D eigenvalue weighted by atomic mass is 16.1. The maximum absolute atomic E-state index is 11.7. The van der Waals surface area contributed by atoms with Crippen LogP contribution in [-0.4, -0.2) is 5.78 Å². The van der Waals surface area contributed by atoms with Gasteiger partial charge in [-0.15, -0.1) is 0 Å². The fourth-order valence-electron chi connectivity index (χ4n) is 5.14. The normalized spacial score (nSPS) is 65.2. The number of carbonyl (C=O) groups is 1. The van der Waals surface area contributed by atoms with Gasteiger partial charge in [0.2, 0.25) is 0 Å². The monoisotopic (exact) mass is 162 g/mol. The first-order chi connectivity index (χ1) is 5.86. The molecule has 0 aromatic carbocycles. The van der Waals surface area contributed by atoms with E-state index in [2.05, 4.69) is 0 Å². The van der Waals surface area contributed by atoms with Gasteiger partial charge in [0.05, 0.1) is 0 Å². The van der Waals surface area contributed by atoms with Crippen LogP contribution in [0.15, 0.2) is 0 Å². The van der Waals surface area contributed by atoms with Crippen molar-refractivity contribution in [2.24, 2.45) is 35.5 Å². The van der Waals surface area contributed by atoms with Crippen molar-refractivity contribution in [2.45, 2.75) is 25.7 Å². The van der Waals surface area contributed by atoms with Gasteiger partial charge >= 0.3 is 0 Å². The largest absolute Gasteiger partial charge is 0.299 e. The van der Waals surface area contributed by atoms with Crippen molar-refractivity contribution in [1.29, 1.82) is 0 Å². The van der Waals surface area contributed by atoms with Crippen molar-refractivity contribution in [3.05, 3.63) is 0 Å². The van der Waals surface area contributed by atoms with Crippen LogP contribution in [0.3, 0.4) is 0 Å². The summed E-state index contributed by atoms with van der Waals surface area (Å²) < 4.78 is 0. The van der Waals surface area contributed by atoms with Crippen LogP contribution in [0.1, 0.15) is 25.7 Å². The number of hydrogen-bond acceptors (Lipinski definition) is 1. The summed E-state index contributed by atoms with van der Waals surface area (Å²) in [5, 5.41) is 0. The predicted octanol–water partition coefficient (Wildman–Crippen LogP) is 1.87. The minimum atomic E-state index is 0.554. The molecule has 0 heterocycles. The van der Waals surface area contributed by atoms with Gasteiger partial charge in [0.25, 0.3) is 0 Å². The Morgan fingerprint density at radius 2 is 1.75 bits per heavy atom. The first kappa shape index (κ1) is 6.17. The highest BCUT2D eigenvalue weighted by Gasteiger charge is 2.66. The highest BCUT2D eigenvalue weighted by Crippen LogP contribution is 2.69. The summed E-state index contributed by atoms with van der Waals surface area (Å²) in [5.41, 5.74) is 0. The molecule has 4 aliphatic carbocycles. The zero-order valence-corrected chi connectivity index (χ0v) is 7.20. The lowest BCUT2D eigenvalue weighted by Gasteiger charge is -2.24. The molecule has 0 aliphatic heterocycles. The van der Waals surface area contributed by atoms with Crippen LogP contribution >= 0.6 is 0 Å². The van der Waals surface area contributed by atoms with Gasteiger partial charge in [-0.1, -0.05) is 0 Å². The molecule has 64 valence electrons. The average molecular weight is 162 g/mol. The maximum atomic E-state index is 11.7. The fourth-order valence-corrected chi connectivity index (χ4v) is 5.14.